The van der Waals surface area contributed by atoms with Crippen LogP contribution >= 0.6 is 0 Å². The minimum Gasteiger partial charge on any atom is -0.480 e. The monoisotopic (exact) mass is 264 g/mol. The molecule has 1 rings (SSSR count). The maximum Gasteiger partial charge on any atom is 0.325 e. The van der Waals surface area contributed by atoms with E-state index in [0.29, 0.717) is 0 Å². The highest BCUT2D eigenvalue weighted by molar-refractivity contribution is 5.93. The Bertz CT molecular complexity index is 484. The number of hydrogen-bond acceptors (Lipinski definition) is 2. The third kappa shape index (κ3) is 3.98. The molecule has 19 heavy (non-hydrogen) atoms. The summed E-state index contributed by atoms with van der Waals surface area (Å²) in [5.74, 6) is -0.795. The number of urea groups is 1. The van der Waals surface area contributed by atoms with Gasteiger partial charge in [-0.1, -0.05) is 32.0 Å². The number of carboxylic acids is 1. The number of benzene rings is 1. The number of carboxylic acid groups (broad SMARTS) is 1. The van der Waals surface area contributed by atoms with Crippen LogP contribution in [0.3, 0.4) is 0 Å². The summed E-state index contributed by atoms with van der Waals surface area (Å²) in [6.07, 6.45) is 0. The molecule has 0 aliphatic heterocycles. The number of anilines is 1. The second kappa shape index (κ2) is 6.22. The summed E-state index contributed by atoms with van der Waals surface area (Å²) < 4.78 is 0. The zero-order valence-corrected chi connectivity index (χ0v) is 11.7. The summed E-state index contributed by atoms with van der Waals surface area (Å²) >= 11 is 0. The van der Waals surface area contributed by atoms with E-state index in [4.69, 9.17) is 5.11 Å². The van der Waals surface area contributed by atoms with Crippen molar-refractivity contribution in [2.75, 3.05) is 5.32 Å². The molecule has 0 saturated heterocycles. The lowest BCUT2D eigenvalue weighted by molar-refractivity contribution is -0.138. The predicted octanol–water partition coefficient (Wildman–Crippen LogP) is 2.71. The van der Waals surface area contributed by atoms with Crippen LogP contribution in [0.4, 0.5) is 10.5 Å². The normalized spacial score (nSPS) is 12.1. The molecule has 104 valence electrons. The second-order valence-corrected chi connectivity index (χ2v) is 4.85. The highest BCUT2D eigenvalue weighted by atomic mass is 16.4. The van der Waals surface area contributed by atoms with E-state index in [2.05, 4.69) is 10.6 Å². The molecular formula is C14H20N2O3. The first kappa shape index (κ1) is 15.0. The number of rotatable bonds is 4. The standard InChI is InChI=1S/C14H20N2O3/c1-8(2)11-7-5-6-9(3)12(11)16-14(19)15-10(4)13(17)18/h5-8,10H,1-4H3,(H,17,18)(H2,15,16,19). The van der Waals surface area contributed by atoms with Gasteiger partial charge in [0.15, 0.2) is 0 Å². The van der Waals surface area contributed by atoms with Crippen molar-refractivity contribution in [3.63, 3.8) is 0 Å². The van der Waals surface area contributed by atoms with Gasteiger partial charge in [0.1, 0.15) is 6.04 Å². The zero-order chi connectivity index (χ0) is 14.6. The molecule has 3 N–H and O–H groups in total. The lowest BCUT2D eigenvalue weighted by Crippen LogP contribution is -2.41. The van der Waals surface area contributed by atoms with Crippen LogP contribution < -0.4 is 10.6 Å². The molecule has 0 aliphatic rings. The zero-order valence-electron chi connectivity index (χ0n) is 11.7. The molecule has 0 radical (unpaired) electrons. The van der Waals surface area contributed by atoms with Crippen molar-refractivity contribution in [2.24, 2.45) is 0 Å². The van der Waals surface area contributed by atoms with Crippen molar-refractivity contribution < 1.29 is 14.7 Å². The van der Waals surface area contributed by atoms with Gasteiger partial charge in [0.25, 0.3) is 0 Å². The first-order valence-electron chi connectivity index (χ1n) is 6.22. The number of carbonyl (C=O) groups is 2. The Balaban J connectivity index is 2.87. The number of carbonyl (C=O) groups excluding carboxylic acids is 1. The first-order valence-corrected chi connectivity index (χ1v) is 6.22. The van der Waals surface area contributed by atoms with Gasteiger partial charge in [-0.3, -0.25) is 4.79 Å². The largest absolute Gasteiger partial charge is 0.480 e. The third-order valence-electron chi connectivity index (χ3n) is 2.88. The minimum atomic E-state index is -1.07. The molecule has 1 unspecified atom stereocenters. The maximum atomic E-state index is 11.8. The average molecular weight is 264 g/mol. The van der Waals surface area contributed by atoms with Crippen LogP contribution in [-0.4, -0.2) is 23.1 Å². The van der Waals surface area contributed by atoms with Crippen molar-refractivity contribution in [3.8, 4) is 0 Å². The molecule has 0 bridgehead atoms. The van der Waals surface area contributed by atoms with Gasteiger partial charge in [-0.25, -0.2) is 4.79 Å². The Morgan fingerprint density at radius 1 is 1.21 bits per heavy atom. The van der Waals surface area contributed by atoms with Gasteiger partial charge in [-0.2, -0.15) is 0 Å². The van der Waals surface area contributed by atoms with Crippen molar-refractivity contribution in [2.45, 2.75) is 39.7 Å². The van der Waals surface area contributed by atoms with Crippen molar-refractivity contribution in [1.82, 2.24) is 5.32 Å². The Morgan fingerprint density at radius 2 is 1.84 bits per heavy atom. The average Bonchev–Trinajstić information content (AvgIpc) is 2.31. The molecule has 0 heterocycles. The van der Waals surface area contributed by atoms with E-state index in [-0.39, 0.29) is 5.92 Å². The van der Waals surface area contributed by atoms with Crippen LogP contribution in [0.25, 0.3) is 0 Å². The van der Waals surface area contributed by atoms with E-state index in [9.17, 15) is 9.59 Å². The van der Waals surface area contributed by atoms with Gasteiger partial charge >= 0.3 is 12.0 Å². The highest BCUT2D eigenvalue weighted by Crippen LogP contribution is 2.27. The van der Waals surface area contributed by atoms with Gasteiger partial charge < -0.3 is 15.7 Å². The molecule has 2 amide bonds. The van der Waals surface area contributed by atoms with Gasteiger partial charge in [0.2, 0.25) is 0 Å². The van der Waals surface area contributed by atoms with Crippen LogP contribution in [0.1, 0.15) is 37.8 Å². The Morgan fingerprint density at radius 3 is 2.37 bits per heavy atom. The highest BCUT2D eigenvalue weighted by Gasteiger charge is 2.16. The summed E-state index contributed by atoms with van der Waals surface area (Å²) in [5, 5.41) is 13.9. The maximum absolute atomic E-state index is 11.8. The molecule has 0 fully saturated rings. The van der Waals surface area contributed by atoms with E-state index in [1.54, 1.807) is 0 Å². The molecule has 0 aliphatic carbocycles. The summed E-state index contributed by atoms with van der Waals surface area (Å²) in [5.41, 5.74) is 2.72. The van der Waals surface area contributed by atoms with Gasteiger partial charge in [-0.15, -0.1) is 0 Å². The lowest BCUT2D eigenvalue weighted by atomic mass is 9.98. The topological polar surface area (TPSA) is 78.4 Å². The molecule has 1 aromatic rings. The number of aliphatic carboxylic acids is 1. The smallest absolute Gasteiger partial charge is 0.325 e. The minimum absolute atomic E-state index is 0.270. The van der Waals surface area contributed by atoms with E-state index < -0.39 is 18.0 Å². The number of para-hydroxylation sites is 1. The van der Waals surface area contributed by atoms with Gasteiger partial charge in [-0.05, 0) is 30.9 Å². The summed E-state index contributed by atoms with van der Waals surface area (Å²) in [4.78, 5) is 22.5. The molecule has 0 aromatic heterocycles. The van der Waals surface area contributed by atoms with Crippen molar-refractivity contribution in [3.05, 3.63) is 29.3 Å². The van der Waals surface area contributed by atoms with Crippen LogP contribution in [0.15, 0.2) is 18.2 Å². The van der Waals surface area contributed by atoms with Crippen LogP contribution in [0.5, 0.6) is 0 Å². The first-order chi connectivity index (χ1) is 8.82. The van der Waals surface area contributed by atoms with E-state index in [1.807, 2.05) is 39.0 Å². The van der Waals surface area contributed by atoms with Crippen LogP contribution in [0, 0.1) is 6.92 Å². The predicted molar refractivity (Wildman–Crippen MR) is 74.5 cm³/mol. The fourth-order valence-corrected chi connectivity index (χ4v) is 1.75. The quantitative estimate of drug-likeness (QED) is 0.782. The molecule has 0 spiro atoms. The van der Waals surface area contributed by atoms with Gasteiger partial charge in [0, 0.05) is 5.69 Å². The number of amides is 2. The number of hydrogen-bond donors (Lipinski definition) is 3. The van der Waals surface area contributed by atoms with Crippen LogP contribution in [-0.2, 0) is 4.79 Å². The van der Waals surface area contributed by atoms with Crippen molar-refractivity contribution in [1.29, 1.82) is 0 Å². The molecule has 5 nitrogen and oxygen atoms in total. The molecule has 0 saturated carbocycles. The molecular weight excluding hydrogens is 244 g/mol. The molecule has 5 heteroatoms. The fourth-order valence-electron chi connectivity index (χ4n) is 1.75. The Labute approximate surface area is 113 Å². The summed E-state index contributed by atoms with van der Waals surface area (Å²) in [7, 11) is 0. The number of aryl methyl sites for hydroxylation is 1. The van der Waals surface area contributed by atoms with E-state index >= 15 is 0 Å². The van der Waals surface area contributed by atoms with Crippen molar-refractivity contribution >= 4 is 17.7 Å². The lowest BCUT2D eigenvalue weighted by Gasteiger charge is -2.17. The summed E-state index contributed by atoms with van der Waals surface area (Å²) in [6.45, 7) is 7.40. The molecule has 1 aromatic carbocycles. The second-order valence-electron chi connectivity index (χ2n) is 4.85. The van der Waals surface area contributed by atoms with Crippen LogP contribution in [0.2, 0.25) is 0 Å². The Hall–Kier alpha value is -2.04. The SMILES string of the molecule is Cc1cccc(C(C)C)c1NC(=O)NC(C)C(=O)O. The number of nitrogens with one attached hydrogen (secondary N) is 2. The Kier molecular flexibility index (Phi) is 4.92. The molecule has 1 atom stereocenters. The fraction of sp³-hybridized carbons (Fsp3) is 0.429. The van der Waals surface area contributed by atoms with Gasteiger partial charge in [0.05, 0.1) is 0 Å². The van der Waals surface area contributed by atoms with E-state index in [1.165, 1.54) is 6.92 Å². The third-order valence-corrected chi connectivity index (χ3v) is 2.88. The van der Waals surface area contributed by atoms with E-state index in [0.717, 1.165) is 16.8 Å². The summed E-state index contributed by atoms with van der Waals surface area (Å²) in [6, 6.07) is 4.36.